The first kappa shape index (κ1) is 35.4. The van der Waals surface area contributed by atoms with E-state index in [4.69, 9.17) is 9.47 Å². The van der Waals surface area contributed by atoms with Gasteiger partial charge in [-0.3, -0.25) is 4.79 Å². The van der Waals surface area contributed by atoms with Crippen molar-refractivity contribution in [2.24, 2.45) is 0 Å². The van der Waals surface area contributed by atoms with Crippen LogP contribution in [0.1, 0.15) is 146 Å². The molecule has 2 aromatic rings. The average molecular weight is 580 g/mol. The lowest BCUT2D eigenvalue weighted by molar-refractivity contribution is 0.0733. The first-order chi connectivity index (χ1) is 20.6. The van der Waals surface area contributed by atoms with Crippen LogP contribution in [0.5, 0.6) is 11.5 Å². The van der Waals surface area contributed by atoms with Crippen molar-refractivity contribution < 1.29 is 14.3 Å². The van der Waals surface area contributed by atoms with E-state index in [0.717, 1.165) is 30.8 Å². The first-order valence-electron chi connectivity index (χ1n) is 17.0. The summed E-state index contributed by atoms with van der Waals surface area (Å²) in [5, 5.41) is 3.38. The van der Waals surface area contributed by atoms with Gasteiger partial charge in [0.15, 0.2) is 5.75 Å². The van der Waals surface area contributed by atoms with Gasteiger partial charge in [0, 0.05) is 12.2 Å². The van der Waals surface area contributed by atoms with Crippen molar-refractivity contribution in [1.29, 1.82) is 0 Å². The van der Waals surface area contributed by atoms with Crippen molar-refractivity contribution in [1.82, 2.24) is 0 Å². The minimum atomic E-state index is -0.552. The Morgan fingerprint density at radius 1 is 0.595 bits per heavy atom. The molecule has 5 heteroatoms. The summed E-state index contributed by atoms with van der Waals surface area (Å²) in [4.78, 5) is 25.2. The van der Waals surface area contributed by atoms with Crippen LogP contribution in [0.15, 0.2) is 53.3 Å². The number of unbranched alkanes of at least 4 members (excludes halogenated alkanes) is 17. The van der Waals surface area contributed by atoms with Gasteiger partial charge in [-0.15, -0.1) is 0 Å². The number of esters is 1. The van der Waals surface area contributed by atoms with Crippen LogP contribution in [0, 0.1) is 0 Å². The molecule has 0 aliphatic rings. The molecule has 0 fully saturated rings. The predicted octanol–water partition coefficient (Wildman–Crippen LogP) is 10.5. The molecule has 0 radical (unpaired) electrons. The molecular formula is C37H57NO4. The minimum Gasteiger partial charge on any atom is -0.494 e. The Morgan fingerprint density at radius 3 is 1.67 bits per heavy atom. The lowest BCUT2D eigenvalue weighted by Gasteiger charge is -2.07. The Hall–Kier alpha value is -2.82. The third kappa shape index (κ3) is 16.6. The first-order valence-corrected chi connectivity index (χ1v) is 17.0. The van der Waals surface area contributed by atoms with Gasteiger partial charge < -0.3 is 14.8 Å². The molecule has 0 bridgehead atoms. The molecule has 2 aromatic carbocycles. The molecule has 0 atom stereocenters. The summed E-state index contributed by atoms with van der Waals surface area (Å²) in [7, 11) is 0. The number of anilines is 1. The van der Waals surface area contributed by atoms with Crippen LogP contribution in [-0.4, -0.2) is 19.1 Å². The lowest BCUT2D eigenvalue weighted by atomic mass is 10.1. The molecule has 0 heterocycles. The summed E-state index contributed by atoms with van der Waals surface area (Å²) in [6, 6.07) is 13.5. The van der Waals surface area contributed by atoms with Crippen molar-refractivity contribution in [2.75, 3.05) is 18.5 Å². The van der Waals surface area contributed by atoms with E-state index in [1.54, 1.807) is 42.5 Å². The summed E-state index contributed by atoms with van der Waals surface area (Å²) < 4.78 is 11.3. The third-order valence-corrected chi connectivity index (χ3v) is 7.74. The van der Waals surface area contributed by atoms with E-state index in [1.165, 1.54) is 115 Å². The highest BCUT2D eigenvalue weighted by Gasteiger charge is 2.11. The van der Waals surface area contributed by atoms with E-state index in [0.29, 0.717) is 12.2 Å². The Balaban J connectivity index is 1.64. The highest BCUT2D eigenvalue weighted by Crippen LogP contribution is 2.17. The summed E-state index contributed by atoms with van der Waals surface area (Å²) in [6.45, 7) is 6.04. The number of hydrogen-bond acceptors (Lipinski definition) is 5. The van der Waals surface area contributed by atoms with Crippen molar-refractivity contribution >= 4 is 11.7 Å². The second-order valence-electron chi connectivity index (χ2n) is 11.6. The molecule has 0 saturated carbocycles. The molecule has 0 spiro atoms. The van der Waals surface area contributed by atoms with Gasteiger partial charge in [-0.25, -0.2) is 4.79 Å². The van der Waals surface area contributed by atoms with Crippen molar-refractivity contribution in [2.45, 2.75) is 136 Å². The van der Waals surface area contributed by atoms with Gasteiger partial charge in [0.05, 0.1) is 12.2 Å². The fraction of sp³-hybridized carbons (Fsp3) is 0.622. The van der Waals surface area contributed by atoms with Gasteiger partial charge in [-0.1, -0.05) is 123 Å². The summed E-state index contributed by atoms with van der Waals surface area (Å²) in [5.41, 5.74) is 0.907. The second kappa shape index (κ2) is 23.7. The predicted molar refractivity (Wildman–Crippen MR) is 177 cm³/mol. The van der Waals surface area contributed by atoms with Crippen LogP contribution in [-0.2, 0) is 0 Å². The van der Waals surface area contributed by atoms with Crippen molar-refractivity contribution in [3.63, 3.8) is 0 Å². The Morgan fingerprint density at radius 2 is 1.10 bits per heavy atom. The smallest absolute Gasteiger partial charge is 0.343 e. The maximum absolute atomic E-state index is 12.7. The fourth-order valence-corrected chi connectivity index (χ4v) is 5.05. The van der Waals surface area contributed by atoms with Gasteiger partial charge in [-0.05, 0) is 61.4 Å². The minimum absolute atomic E-state index is 0.0254. The zero-order valence-electron chi connectivity index (χ0n) is 26.6. The van der Waals surface area contributed by atoms with Crippen LogP contribution in [0.25, 0.3) is 0 Å². The summed E-state index contributed by atoms with van der Waals surface area (Å²) in [5.74, 6) is 0.210. The monoisotopic (exact) mass is 579 g/mol. The summed E-state index contributed by atoms with van der Waals surface area (Å²) >= 11 is 0. The SMILES string of the molecule is CCCCCCCCCCCCOc1ccc(C(=O)Oc2ccc(NCCCCCCCCCCC)ccc2=O)cc1. The molecule has 0 unspecified atom stereocenters. The number of ether oxygens (including phenoxy) is 2. The van der Waals surface area contributed by atoms with Gasteiger partial charge in [0.1, 0.15) is 5.75 Å². The van der Waals surface area contributed by atoms with Gasteiger partial charge in [0.25, 0.3) is 0 Å². The van der Waals surface area contributed by atoms with Gasteiger partial charge in [-0.2, -0.15) is 0 Å². The molecule has 0 aliphatic heterocycles. The highest BCUT2D eigenvalue weighted by atomic mass is 16.5. The zero-order valence-corrected chi connectivity index (χ0v) is 26.6. The number of carbonyl (C=O) groups excluding carboxylic acids is 1. The highest BCUT2D eigenvalue weighted by molar-refractivity contribution is 5.91. The molecule has 0 saturated heterocycles. The number of nitrogens with one attached hydrogen (secondary N) is 1. The lowest BCUT2D eigenvalue weighted by Crippen LogP contribution is -2.13. The normalized spacial score (nSPS) is 10.9. The maximum atomic E-state index is 12.7. The molecule has 0 aromatic heterocycles. The standard InChI is InChI=1S/C37H57NO4/c1-3-5-7-9-11-13-15-17-19-21-31-41-34-26-22-32(23-27-34)37(40)42-36-29-25-33(24-28-35(36)39)38-30-20-18-16-14-12-10-8-6-4-2/h22-29,38H,3-21,30-31H2,1-2H3. The number of rotatable bonds is 25. The molecule has 5 nitrogen and oxygen atoms in total. The van der Waals surface area contributed by atoms with Crippen LogP contribution in [0.3, 0.4) is 0 Å². The third-order valence-electron chi connectivity index (χ3n) is 7.74. The van der Waals surface area contributed by atoms with E-state index in [-0.39, 0.29) is 11.2 Å². The average Bonchev–Trinajstić information content (AvgIpc) is 3.17. The molecular weight excluding hydrogens is 522 g/mol. The van der Waals surface area contributed by atoms with E-state index in [9.17, 15) is 9.59 Å². The fourth-order valence-electron chi connectivity index (χ4n) is 5.05. The van der Waals surface area contributed by atoms with Crippen molar-refractivity contribution in [3.8, 4) is 11.5 Å². The molecule has 2 rings (SSSR count). The van der Waals surface area contributed by atoms with E-state index in [2.05, 4.69) is 19.2 Å². The number of benzene rings is 1. The molecule has 234 valence electrons. The van der Waals surface area contributed by atoms with E-state index >= 15 is 0 Å². The largest absolute Gasteiger partial charge is 0.494 e. The quantitative estimate of drug-likeness (QED) is 0.0936. The molecule has 1 N–H and O–H groups in total. The topological polar surface area (TPSA) is 64.6 Å². The second-order valence-corrected chi connectivity index (χ2v) is 11.6. The molecule has 0 aliphatic carbocycles. The van der Waals surface area contributed by atoms with E-state index in [1.807, 2.05) is 0 Å². The summed E-state index contributed by atoms with van der Waals surface area (Å²) in [6.07, 6.45) is 24.5. The van der Waals surface area contributed by atoms with Crippen LogP contribution < -0.4 is 20.2 Å². The molecule has 0 amide bonds. The number of hydrogen-bond donors (Lipinski definition) is 1. The van der Waals surface area contributed by atoms with Crippen LogP contribution in [0.4, 0.5) is 5.69 Å². The maximum Gasteiger partial charge on any atom is 0.343 e. The van der Waals surface area contributed by atoms with Crippen molar-refractivity contribution in [3.05, 3.63) is 64.3 Å². The van der Waals surface area contributed by atoms with Crippen LogP contribution >= 0.6 is 0 Å². The Labute approximate surface area is 255 Å². The Bertz CT molecular complexity index is 1020. The zero-order chi connectivity index (χ0) is 30.1. The van der Waals surface area contributed by atoms with Crippen LogP contribution in [0.2, 0.25) is 0 Å². The Kier molecular flexibility index (Phi) is 20.0. The number of carbonyl (C=O) groups is 1. The van der Waals surface area contributed by atoms with E-state index < -0.39 is 5.97 Å². The van der Waals surface area contributed by atoms with Gasteiger partial charge >= 0.3 is 5.97 Å². The van der Waals surface area contributed by atoms with Gasteiger partial charge in [0.2, 0.25) is 5.43 Å². The molecule has 42 heavy (non-hydrogen) atoms.